The maximum atomic E-state index is 13.3. The zero-order chi connectivity index (χ0) is 22.8. The van der Waals surface area contributed by atoms with Gasteiger partial charge in [-0.1, -0.05) is 0 Å². The number of nitrogens with one attached hydrogen (secondary N) is 1. The molecule has 172 valence electrons. The fourth-order valence-electron chi connectivity index (χ4n) is 4.64. The molecule has 0 radical (unpaired) electrons. The summed E-state index contributed by atoms with van der Waals surface area (Å²) in [6, 6.07) is 3.44. The van der Waals surface area contributed by atoms with Gasteiger partial charge in [-0.15, -0.1) is 0 Å². The molecular weight excluding hydrogens is 478 g/mol. The molecule has 0 amide bonds. The summed E-state index contributed by atoms with van der Waals surface area (Å²) in [6.45, 7) is 4.89. The van der Waals surface area contributed by atoms with E-state index in [1.165, 1.54) is 0 Å². The van der Waals surface area contributed by atoms with Gasteiger partial charge in [-0.05, 0) is 73.2 Å². The molecule has 3 aliphatic rings. The fourth-order valence-corrected chi connectivity index (χ4v) is 5.10. The Morgan fingerprint density at radius 1 is 1.31 bits per heavy atom. The maximum Gasteiger partial charge on any atom is 0.336 e. The van der Waals surface area contributed by atoms with Gasteiger partial charge in [0.15, 0.2) is 17.3 Å². The van der Waals surface area contributed by atoms with Crippen molar-refractivity contribution in [1.29, 1.82) is 0 Å². The number of phenolic OH excluding ortho intramolecular Hbond substituents is 1. The molecule has 0 aromatic heterocycles. The second-order valence-corrected chi connectivity index (χ2v) is 9.14. The van der Waals surface area contributed by atoms with Crippen LogP contribution in [0.5, 0.6) is 11.5 Å². The number of carbonyl (C=O) groups excluding carboxylic acids is 2. The van der Waals surface area contributed by atoms with Gasteiger partial charge in [-0.2, -0.15) is 0 Å². The number of benzene rings is 1. The smallest absolute Gasteiger partial charge is 0.336 e. The third kappa shape index (κ3) is 4.43. The van der Waals surface area contributed by atoms with Crippen molar-refractivity contribution in [3.05, 3.63) is 44.7 Å². The van der Waals surface area contributed by atoms with Crippen molar-refractivity contribution in [1.82, 2.24) is 5.32 Å². The third-order valence-electron chi connectivity index (χ3n) is 6.10. The molecule has 32 heavy (non-hydrogen) atoms. The normalized spacial score (nSPS) is 23.2. The molecule has 2 atom stereocenters. The minimum Gasteiger partial charge on any atom is -0.503 e. The van der Waals surface area contributed by atoms with Crippen molar-refractivity contribution >= 4 is 27.7 Å². The minimum absolute atomic E-state index is 0.0165. The molecule has 8 heteroatoms. The topological polar surface area (TPSA) is 94.1 Å². The number of Topliss-reactive ketones (excluding diaryl/α,β-unsaturated/α-hetero) is 1. The number of hydrogen-bond acceptors (Lipinski definition) is 7. The predicted octanol–water partition coefficient (Wildman–Crippen LogP) is 4.24. The van der Waals surface area contributed by atoms with Gasteiger partial charge >= 0.3 is 5.97 Å². The molecule has 0 spiro atoms. The van der Waals surface area contributed by atoms with Crippen LogP contribution in [0, 0.1) is 0 Å². The van der Waals surface area contributed by atoms with E-state index in [1.807, 2.05) is 13.8 Å². The maximum absolute atomic E-state index is 13.3. The standard InChI is InChI=1S/C24H28BrNO6/c1-3-30-19-11-14(10-16(25)23(19)28)21-20(24(29)32-12-15-6-5-9-31-15)13(2)26-17-7-4-8-18(27)22(17)21/h10-11,15,21,26,28H,3-9,12H2,1-2H3/t15-,21-/m0/s1. The van der Waals surface area contributed by atoms with Crippen molar-refractivity contribution in [3.8, 4) is 11.5 Å². The van der Waals surface area contributed by atoms with Crippen LogP contribution in [0.15, 0.2) is 39.1 Å². The van der Waals surface area contributed by atoms with Gasteiger partial charge in [0.05, 0.1) is 22.8 Å². The lowest BCUT2D eigenvalue weighted by Crippen LogP contribution is -2.35. The number of hydrogen-bond donors (Lipinski definition) is 2. The largest absolute Gasteiger partial charge is 0.503 e. The first-order valence-corrected chi connectivity index (χ1v) is 11.9. The van der Waals surface area contributed by atoms with Crippen LogP contribution in [0.1, 0.15) is 57.4 Å². The Labute approximate surface area is 195 Å². The summed E-state index contributed by atoms with van der Waals surface area (Å²) >= 11 is 3.39. The Morgan fingerprint density at radius 2 is 2.12 bits per heavy atom. The molecule has 7 nitrogen and oxygen atoms in total. The number of aromatic hydroxyl groups is 1. The lowest BCUT2D eigenvalue weighted by atomic mass is 9.75. The molecule has 0 bridgehead atoms. The molecule has 1 aliphatic carbocycles. The van der Waals surface area contributed by atoms with Crippen LogP contribution in [0.3, 0.4) is 0 Å². The van der Waals surface area contributed by atoms with Crippen molar-refractivity contribution in [2.75, 3.05) is 19.8 Å². The molecule has 2 heterocycles. The summed E-state index contributed by atoms with van der Waals surface area (Å²) in [7, 11) is 0. The van der Waals surface area contributed by atoms with E-state index in [9.17, 15) is 14.7 Å². The van der Waals surface area contributed by atoms with Gasteiger partial charge < -0.3 is 24.6 Å². The van der Waals surface area contributed by atoms with E-state index in [0.29, 0.717) is 52.3 Å². The molecule has 4 rings (SSSR count). The average molecular weight is 506 g/mol. The van der Waals surface area contributed by atoms with Crippen LogP contribution in [0.4, 0.5) is 0 Å². The molecule has 1 fully saturated rings. The van der Waals surface area contributed by atoms with Gasteiger partial charge in [-0.3, -0.25) is 4.79 Å². The van der Waals surface area contributed by atoms with Crippen LogP contribution in [0.25, 0.3) is 0 Å². The summed E-state index contributed by atoms with van der Waals surface area (Å²) in [4.78, 5) is 26.3. The van der Waals surface area contributed by atoms with Crippen LogP contribution in [-0.4, -0.2) is 42.8 Å². The van der Waals surface area contributed by atoms with Gasteiger partial charge in [0, 0.05) is 35.9 Å². The number of ketones is 1. The zero-order valence-corrected chi connectivity index (χ0v) is 19.9. The van der Waals surface area contributed by atoms with Crippen LogP contribution < -0.4 is 10.1 Å². The highest BCUT2D eigenvalue weighted by molar-refractivity contribution is 9.10. The van der Waals surface area contributed by atoms with E-state index >= 15 is 0 Å². The average Bonchev–Trinajstić information content (AvgIpc) is 3.28. The molecule has 1 aromatic rings. The number of dihydropyridines is 1. The lowest BCUT2D eigenvalue weighted by Gasteiger charge is -2.34. The number of ether oxygens (including phenoxy) is 3. The predicted molar refractivity (Wildman–Crippen MR) is 121 cm³/mol. The van der Waals surface area contributed by atoms with Gasteiger partial charge in [-0.25, -0.2) is 4.79 Å². The molecular formula is C24H28BrNO6. The first kappa shape index (κ1) is 22.9. The number of carbonyl (C=O) groups is 2. The summed E-state index contributed by atoms with van der Waals surface area (Å²) in [5.74, 6) is -0.778. The highest BCUT2D eigenvalue weighted by atomic mass is 79.9. The number of esters is 1. The lowest BCUT2D eigenvalue weighted by molar-refractivity contribution is -0.142. The number of phenols is 1. The van der Waals surface area contributed by atoms with Crippen molar-refractivity contribution < 1.29 is 28.9 Å². The second kappa shape index (κ2) is 9.67. The summed E-state index contributed by atoms with van der Waals surface area (Å²) < 4.78 is 17.3. The van der Waals surface area contributed by atoms with E-state index in [0.717, 1.165) is 31.4 Å². The highest BCUT2D eigenvalue weighted by Gasteiger charge is 2.40. The molecule has 1 aromatic carbocycles. The summed E-state index contributed by atoms with van der Waals surface area (Å²) in [5, 5.41) is 13.7. The van der Waals surface area contributed by atoms with E-state index in [4.69, 9.17) is 14.2 Å². The van der Waals surface area contributed by atoms with Gasteiger partial charge in [0.25, 0.3) is 0 Å². The SMILES string of the molecule is CCOc1cc([C@H]2C(C(=O)OC[C@@H]3CCCO3)=C(C)NC3=C2C(=O)CCC3)cc(Br)c1O. The Kier molecular flexibility index (Phi) is 6.90. The molecule has 2 aliphatic heterocycles. The Bertz CT molecular complexity index is 992. The Hall–Kier alpha value is -2.32. The van der Waals surface area contributed by atoms with Crippen LogP contribution in [-0.2, 0) is 19.1 Å². The van der Waals surface area contributed by atoms with Crippen molar-refractivity contribution in [2.45, 2.75) is 58.0 Å². The fraction of sp³-hybridized carbons (Fsp3) is 0.500. The van der Waals surface area contributed by atoms with Crippen LogP contribution in [0.2, 0.25) is 0 Å². The molecule has 2 N–H and O–H groups in total. The molecule has 0 saturated carbocycles. The van der Waals surface area contributed by atoms with Gasteiger partial charge in [0.2, 0.25) is 0 Å². The number of halogens is 1. The van der Waals surface area contributed by atoms with E-state index < -0.39 is 11.9 Å². The number of rotatable bonds is 6. The minimum atomic E-state index is -0.604. The highest BCUT2D eigenvalue weighted by Crippen LogP contribution is 2.46. The monoisotopic (exact) mass is 505 g/mol. The van der Waals surface area contributed by atoms with E-state index in [-0.39, 0.29) is 24.2 Å². The Morgan fingerprint density at radius 3 is 2.84 bits per heavy atom. The van der Waals surface area contributed by atoms with Crippen molar-refractivity contribution in [3.63, 3.8) is 0 Å². The van der Waals surface area contributed by atoms with E-state index in [2.05, 4.69) is 21.2 Å². The number of allylic oxidation sites excluding steroid dienone is 3. The molecule has 0 unspecified atom stereocenters. The van der Waals surface area contributed by atoms with Gasteiger partial charge in [0.1, 0.15) is 6.61 Å². The molecule has 1 saturated heterocycles. The first-order chi connectivity index (χ1) is 15.4. The summed E-state index contributed by atoms with van der Waals surface area (Å²) in [5.41, 5.74) is 3.19. The zero-order valence-electron chi connectivity index (χ0n) is 18.3. The van der Waals surface area contributed by atoms with Crippen molar-refractivity contribution in [2.24, 2.45) is 0 Å². The second-order valence-electron chi connectivity index (χ2n) is 8.28. The Balaban J connectivity index is 1.76. The van der Waals surface area contributed by atoms with Crippen LogP contribution >= 0.6 is 15.9 Å². The van der Waals surface area contributed by atoms with E-state index in [1.54, 1.807) is 12.1 Å². The first-order valence-electron chi connectivity index (χ1n) is 11.1. The summed E-state index contributed by atoms with van der Waals surface area (Å²) in [6.07, 6.45) is 3.68. The quantitative estimate of drug-likeness (QED) is 0.558. The third-order valence-corrected chi connectivity index (χ3v) is 6.71.